The molecule has 1 aliphatic rings. The van der Waals surface area contributed by atoms with Crippen LogP contribution in [0.3, 0.4) is 0 Å². The van der Waals surface area contributed by atoms with Crippen molar-refractivity contribution < 1.29 is 9.47 Å². The van der Waals surface area contributed by atoms with Gasteiger partial charge in [-0.05, 0) is 61.3 Å². The third-order valence-electron chi connectivity index (χ3n) is 4.62. The molecule has 0 aliphatic carbocycles. The first kappa shape index (κ1) is 19.3. The van der Waals surface area contributed by atoms with Gasteiger partial charge in [0.05, 0.1) is 0 Å². The summed E-state index contributed by atoms with van der Waals surface area (Å²) >= 11 is 0. The number of halogens is 1. The average molecular weight is 382 g/mol. The monoisotopic (exact) mass is 381 g/mol. The molecule has 0 spiro atoms. The smallest absolute Gasteiger partial charge is 0.170 e. The second kappa shape index (κ2) is 9.45. The molecule has 1 atom stereocenters. The molecular weight excluding hydrogens is 358 g/mol. The first-order valence-electron chi connectivity index (χ1n) is 9.22. The van der Waals surface area contributed by atoms with Crippen LogP contribution in [0.1, 0.15) is 30.9 Å². The lowest BCUT2D eigenvalue weighted by molar-refractivity contribution is 0.401. The van der Waals surface area contributed by atoms with Crippen LogP contribution in [0.25, 0.3) is 0 Å². The predicted molar refractivity (Wildman–Crippen MR) is 111 cm³/mol. The second-order valence-corrected chi connectivity index (χ2v) is 6.54. The zero-order valence-electron chi connectivity index (χ0n) is 15.1. The molecule has 3 nitrogen and oxygen atoms in total. The van der Waals surface area contributed by atoms with Crippen molar-refractivity contribution in [1.29, 1.82) is 0 Å². The molecule has 1 fully saturated rings. The van der Waals surface area contributed by atoms with E-state index in [1.165, 1.54) is 18.4 Å². The van der Waals surface area contributed by atoms with E-state index in [2.05, 4.69) is 17.4 Å². The van der Waals surface area contributed by atoms with Gasteiger partial charge in [-0.25, -0.2) is 0 Å². The summed E-state index contributed by atoms with van der Waals surface area (Å²) in [5.74, 6) is 3.07. The maximum Gasteiger partial charge on any atom is 0.170 e. The summed E-state index contributed by atoms with van der Waals surface area (Å²) in [5.41, 5.74) is 1.25. The number of ether oxygens (including phenoxy) is 2. The minimum atomic E-state index is 0. The van der Waals surface area contributed by atoms with Crippen LogP contribution >= 0.6 is 12.4 Å². The van der Waals surface area contributed by atoms with Crippen molar-refractivity contribution in [3.8, 4) is 23.0 Å². The molecule has 0 unspecified atom stereocenters. The zero-order chi connectivity index (χ0) is 17.6. The Hall–Kier alpha value is -2.49. The van der Waals surface area contributed by atoms with Gasteiger partial charge in [0.15, 0.2) is 11.5 Å². The van der Waals surface area contributed by atoms with Gasteiger partial charge in [0.25, 0.3) is 0 Å². The topological polar surface area (TPSA) is 30.5 Å². The number of nitrogens with one attached hydrogen (secondary N) is 1. The number of piperidine rings is 1. The summed E-state index contributed by atoms with van der Waals surface area (Å²) < 4.78 is 12.2. The average Bonchev–Trinajstić information content (AvgIpc) is 2.71. The van der Waals surface area contributed by atoms with Gasteiger partial charge in [-0.1, -0.05) is 48.9 Å². The van der Waals surface area contributed by atoms with E-state index < -0.39 is 0 Å². The lowest BCUT2D eigenvalue weighted by atomic mass is 9.97. The third-order valence-corrected chi connectivity index (χ3v) is 4.62. The fourth-order valence-electron chi connectivity index (χ4n) is 3.27. The number of para-hydroxylation sites is 2. The minimum absolute atomic E-state index is 0. The molecule has 1 aliphatic heterocycles. The summed E-state index contributed by atoms with van der Waals surface area (Å²) in [5, 5.41) is 3.60. The van der Waals surface area contributed by atoms with Crippen molar-refractivity contribution in [1.82, 2.24) is 5.32 Å². The molecule has 3 aromatic rings. The highest BCUT2D eigenvalue weighted by molar-refractivity contribution is 5.85. The minimum Gasteiger partial charge on any atom is -0.453 e. The van der Waals surface area contributed by atoms with Crippen LogP contribution in [0.5, 0.6) is 23.0 Å². The van der Waals surface area contributed by atoms with Crippen molar-refractivity contribution in [2.24, 2.45) is 0 Å². The lowest BCUT2D eigenvalue weighted by Gasteiger charge is -2.24. The quantitative estimate of drug-likeness (QED) is 0.546. The van der Waals surface area contributed by atoms with E-state index in [-0.39, 0.29) is 12.4 Å². The Balaban J connectivity index is 0.00000210. The third kappa shape index (κ3) is 5.03. The predicted octanol–water partition coefficient (Wildman–Crippen LogP) is 6.51. The van der Waals surface area contributed by atoms with Crippen molar-refractivity contribution in [3.05, 3.63) is 84.4 Å². The molecule has 1 N–H and O–H groups in total. The van der Waals surface area contributed by atoms with Crippen molar-refractivity contribution in [2.75, 3.05) is 6.54 Å². The molecule has 0 aromatic heterocycles. The first-order valence-corrected chi connectivity index (χ1v) is 9.22. The number of hydrogen-bond donors (Lipinski definition) is 1. The van der Waals surface area contributed by atoms with E-state index in [9.17, 15) is 0 Å². The van der Waals surface area contributed by atoms with E-state index in [1.807, 2.05) is 66.7 Å². The molecule has 0 bridgehead atoms. The summed E-state index contributed by atoms with van der Waals surface area (Å²) in [6.07, 6.45) is 3.66. The van der Waals surface area contributed by atoms with E-state index in [4.69, 9.17) is 9.47 Å². The van der Waals surface area contributed by atoms with Gasteiger partial charge in [-0.15, -0.1) is 12.4 Å². The molecule has 27 heavy (non-hydrogen) atoms. The van der Waals surface area contributed by atoms with E-state index >= 15 is 0 Å². The largest absolute Gasteiger partial charge is 0.453 e. The van der Waals surface area contributed by atoms with Crippen LogP contribution in [-0.4, -0.2) is 6.54 Å². The van der Waals surface area contributed by atoms with Gasteiger partial charge >= 0.3 is 0 Å². The Bertz CT molecular complexity index is 834. The maximum absolute atomic E-state index is 6.16. The first-order chi connectivity index (χ1) is 12.9. The van der Waals surface area contributed by atoms with Crippen LogP contribution in [0.2, 0.25) is 0 Å². The van der Waals surface area contributed by atoms with E-state index in [0.29, 0.717) is 6.04 Å². The van der Waals surface area contributed by atoms with Crippen LogP contribution in [0, 0.1) is 0 Å². The fraction of sp³-hybridized carbons (Fsp3) is 0.217. The molecule has 4 rings (SSSR count). The molecule has 0 radical (unpaired) electrons. The molecule has 1 heterocycles. The number of benzene rings is 3. The molecule has 1 saturated heterocycles. The van der Waals surface area contributed by atoms with Crippen molar-refractivity contribution in [3.63, 3.8) is 0 Å². The second-order valence-electron chi connectivity index (χ2n) is 6.54. The Kier molecular flexibility index (Phi) is 6.74. The fourth-order valence-corrected chi connectivity index (χ4v) is 3.27. The molecule has 140 valence electrons. The summed E-state index contributed by atoms with van der Waals surface area (Å²) in [4.78, 5) is 0. The number of hydrogen-bond acceptors (Lipinski definition) is 3. The van der Waals surface area contributed by atoms with Crippen molar-refractivity contribution >= 4 is 12.4 Å². The van der Waals surface area contributed by atoms with Gasteiger partial charge in [0.1, 0.15) is 11.5 Å². The van der Waals surface area contributed by atoms with Crippen LogP contribution in [0.15, 0.2) is 78.9 Å². The van der Waals surface area contributed by atoms with Crippen LogP contribution < -0.4 is 14.8 Å². The van der Waals surface area contributed by atoms with E-state index in [0.717, 1.165) is 36.0 Å². The molecule has 0 amide bonds. The highest BCUT2D eigenvalue weighted by atomic mass is 35.5. The normalized spacial score (nSPS) is 16.2. The highest BCUT2D eigenvalue weighted by Crippen LogP contribution is 2.37. The van der Waals surface area contributed by atoms with Gasteiger partial charge in [-0.3, -0.25) is 0 Å². The number of rotatable bonds is 5. The summed E-state index contributed by atoms with van der Waals surface area (Å²) in [7, 11) is 0. The van der Waals surface area contributed by atoms with Gasteiger partial charge in [-0.2, -0.15) is 0 Å². The van der Waals surface area contributed by atoms with E-state index in [1.54, 1.807) is 0 Å². The van der Waals surface area contributed by atoms with Crippen LogP contribution in [-0.2, 0) is 0 Å². The SMILES string of the molecule is Cl.c1ccc(Oc2ccc([C@H]3CCCCN3)cc2Oc2ccccc2)cc1. The van der Waals surface area contributed by atoms with Crippen molar-refractivity contribution in [2.45, 2.75) is 25.3 Å². The molecule has 4 heteroatoms. The van der Waals surface area contributed by atoms with Gasteiger partial charge in [0.2, 0.25) is 0 Å². The molecule has 3 aromatic carbocycles. The standard InChI is InChI=1S/C23H23NO2.ClH/c1-3-9-19(10-4-1)25-22-15-14-18(21-13-7-8-16-24-21)17-23(22)26-20-11-5-2-6-12-20;/h1-6,9-12,14-15,17,21,24H,7-8,13,16H2;1H/t21-;/m1./s1. The van der Waals surface area contributed by atoms with Crippen LogP contribution in [0.4, 0.5) is 0 Å². The van der Waals surface area contributed by atoms with Gasteiger partial charge < -0.3 is 14.8 Å². The Labute approximate surface area is 166 Å². The highest BCUT2D eigenvalue weighted by Gasteiger charge is 2.17. The summed E-state index contributed by atoms with van der Waals surface area (Å²) in [6.45, 7) is 1.07. The lowest BCUT2D eigenvalue weighted by Crippen LogP contribution is -2.26. The molecular formula is C23H24ClNO2. The Morgan fingerprint density at radius 2 is 1.33 bits per heavy atom. The Morgan fingerprint density at radius 1 is 0.704 bits per heavy atom. The van der Waals surface area contributed by atoms with Gasteiger partial charge in [0, 0.05) is 6.04 Å². The molecule has 0 saturated carbocycles. The summed E-state index contributed by atoms with van der Waals surface area (Å²) in [6, 6.07) is 26.3. The zero-order valence-corrected chi connectivity index (χ0v) is 16.0. The maximum atomic E-state index is 6.16. The Morgan fingerprint density at radius 3 is 1.93 bits per heavy atom.